The summed E-state index contributed by atoms with van der Waals surface area (Å²) in [5.74, 6) is -2.03. The van der Waals surface area contributed by atoms with Crippen LogP contribution in [0, 0.1) is 6.92 Å². The van der Waals surface area contributed by atoms with E-state index in [-0.39, 0.29) is 16.8 Å². The predicted octanol–water partition coefficient (Wildman–Crippen LogP) is 2.87. The van der Waals surface area contributed by atoms with Crippen molar-refractivity contribution >= 4 is 39.3 Å². The molecule has 4 aromatic rings. The van der Waals surface area contributed by atoms with Crippen molar-refractivity contribution in [3.8, 4) is 0 Å². The molecule has 138 valence electrons. The number of carboxylic acid groups (broad SMARTS) is 1. The Morgan fingerprint density at radius 2 is 1.75 bits per heavy atom. The molecule has 3 aromatic carbocycles. The van der Waals surface area contributed by atoms with Crippen molar-refractivity contribution in [2.24, 2.45) is 0 Å². The number of amides is 1. The van der Waals surface area contributed by atoms with Gasteiger partial charge in [0.25, 0.3) is 5.91 Å². The number of aryl methyl sites for hydroxylation is 1. The lowest BCUT2D eigenvalue weighted by Crippen LogP contribution is -2.24. The van der Waals surface area contributed by atoms with Crippen molar-refractivity contribution in [3.05, 3.63) is 87.8 Å². The van der Waals surface area contributed by atoms with Gasteiger partial charge in [-0.15, -0.1) is 0 Å². The first kappa shape index (κ1) is 17.5. The number of fused-ring (bicyclic) bond motifs is 3. The molecule has 0 saturated carbocycles. The first-order valence-corrected chi connectivity index (χ1v) is 8.53. The molecule has 0 fully saturated rings. The van der Waals surface area contributed by atoms with Crippen molar-refractivity contribution in [2.75, 3.05) is 5.32 Å². The SMILES string of the molecule is Cc1ccc(C(=O)[O-])cc1NC(=O)c1cc2c(ccc3ccccc32)oc1=O. The van der Waals surface area contributed by atoms with E-state index in [9.17, 15) is 19.5 Å². The zero-order chi connectivity index (χ0) is 19.8. The Bertz CT molecular complexity index is 1320. The van der Waals surface area contributed by atoms with Crippen LogP contribution >= 0.6 is 0 Å². The number of rotatable bonds is 3. The zero-order valence-corrected chi connectivity index (χ0v) is 14.8. The number of hydrogen-bond acceptors (Lipinski definition) is 5. The summed E-state index contributed by atoms with van der Waals surface area (Å²) in [6, 6.07) is 16.8. The van der Waals surface area contributed by atoms with Gasteiger partial charge in [0.2, 0.25) is 0 Å². The second-order valence-corrected chi connectivity index (χ2v) is 6.42. The molecule has 0 unspecified atom stereocenters. The van der Waals surface area contributed by atoms with E-state index < -0.39 is 17.5 Å². The highest BCUT2D eigenvalue weighted by Crippen LogP contribution is 2.25. The van der Waals surface area contributed by atoms with Gasteiger partial charge in [-0.2, -0.15) is 0 Å². The molecule has 1 heterocycles. The molecule has 6 heteroatoms. The van der Waals surface area contributed by atoms with Crippen LogP contribution in [0.2, 0.25) is 0 Å². The van der Waals surface area contributed by atoms with E-state index in [4.69, 9.17) is 4.42 Å². The van der Waals surface area contributed by atoms with Crippen LogP contribution in [0.5, 0.6) is 0 Å². The largest absolute Gasteiger partial charge is 0.545 e. The quantitative estimate of drug-likeness (QED) is 0.440. The molecule has 1 amide bonds. The fourth-order valence-corrected chi connectivity index (χ4v) is 3.10. The summed E-state index contributed by atoms with van der Waals surface area (Å²) in [5, 5.41) is 16.1. The number of aromatic carboxylic acids is 1. The van der Waals surface area contributed by atoms with E-state index in [2.05, 4.69) is 5.32 Å². The van der Waals surface area contributed by atoms with Crippen molar-refractivity contribution in [2.45, 2.75) is 6.92 Å². The highest BCUT2D eigenvalue weighted by Gasteiger charge is 2.16. The number of anilines is 1. The molecule has 4 rings (SSSR count). The summed E-state index contributed by atoms with van der Waals surface area (Å²) in [7, 11) is 0. The number of benzene rings is 3. The molecule has 0 aliphatic carbocycles. The third kappa shape index (κ3) is 3.01. The Labute approximate surface area is 159 Å². The minimum absolute atomic E-state index is 0.0718. The molecule has 6 nitrogen and oxygen atoms in total. The average Bonchev–Trinajstić information content (AvgIpc) is 2.68. The summed E-state index contributed by atoms with van der Waals surface area (Å²) in [5.41, 5.74) is 0.307. The summed E-state index contributed by atoms with van der Waals surface area (Å²) < 4.78 is 5.33. The van der Waals surface area contributed by atoms with Gasteiger partial charge >= 0.3 is 5.63 Å². The molecule has 0 bridgehead atoms. The second-order valence-electron chi connectivity index (χ2n) is 6.42. The Balaban J connectivity index is 1.80. The van der Waals surface area contributed by atoms with Gasteiger partial charge in [0.05, 0.1) is 5.97 Å². The topological polar surface area (TPSA) is 99.4 Å². The van der Waals surface area contributed by atoms with Gasteiger partial charge in [0.15, 0.2) is 0 Å². The highest BCUT2D eigenvalue weighted by molar-refractivity contribution is 6.10. The van der Waals surface area contributed by atoms with E-state index in [1.165, 1.54) is 18.2 Å². The maximum absolute atomic E-state index is 12.7. The molecule has 0 radical (unpaired) electrons. The van der Waals surface area contributed by atoms with Gasteiger partial charge < -0.3 is 19.6 Å². The van der Waals surface area contributed by atoms with Gasteiger partial charge in [-0.3, -0.25) is 4.79 Å². The zero-order valence-electron chi connectivity index (χ0n) is 14.8. The number of hydrogen-bond donors (Lipinski definition) is 1. The summed E-state index contributed by atoms with van der Waals surface area (Å²) in [6.45, 7) is 1.71. The van der Waals surface area contributed by atoms with Crippen molar-refractivity contribution < 1.29 is 19.1 Å². The van der Waals surface area contributed by atoms with Crippen molar-refractivity contribution in [3.63, 3.8) is 0 Å². The molecule has 1 N–H and O–H groups in total. The van der Waals surface area contributed by atoms with Crippen LogP contribution in [-0.4, -0.2) is 11.9 Å². The van der Waals surface area contributed by atoms with Crippen LogP contribution < -0.4 is 16.0 Å². The molecule has 0 aliphatic rings. The third-order valence-electron chi connectivity index (χ3n) is 4.61. The van der Waals surface area contributed by atoms with Crippen molar-refractivity contribution in [1.29, 1.82) is 0 Å². The van der Waals surface area contributed by atoms with Crippen LogP contribution in [0.3, 0.4) is 0 Å². The fourth-order valence-electron chi connectivity index (χ4n) is 3.10. The van der Waals surface area contributed by atoms with Crippen LogP contribution in [0.15, 0.2) is 69.9 Å². The number of carbonyl (C=O) groups excluding carboxylic acids is 2. The molecule has 0 atom stereocenters. The lowest BCUT2D eigenvalue weighted by molar-refractivity contribution is -0.255. The average molecular weight is 372 g/mol. The highest BCUT2D eigenvalue weighted by atomic mass is 16.4. The first-order valence-electron chi connectivity index (χ1n) is 8.53. The molecule has 0 saturated heterocycles. The molecule has 0 spiro atoms. The molecular weight excluding hydrogens is 358 g/mol. The van der Waals surface area contributed by atoms with Gasteiger partial charge in [-0.1, -0.05) is 42.5 Å². The minimum atomic E-state index is -1.35. The molecule has 28 heavy (non-hydrogen) atoms. The predicted molar refractivity (Wildman–Crippen MR) is 103 cm³/mol. The summed E-state index contributed by atoms with van der Waals surface area (Å²) >= 11 is 0. The normalized spacial score (nSPS) is 10.9. The third-order valence-corrected chi connectivity index (χ3v) is 4.61. The number of nitrogens with one attached hydrogen (secondary N) is 1. The van der Waals surface area contributed by atoms with Crippen LogP contribution in [0.1, 0.15) is 26.3 Å². The Kier molecular flexibility index (Phi) is 4.16. The molecular formula is C22H14NO5-. The van der Waals surface area contributed by atoms with Crippen LogP contribution in [0.25, 0.3) is 21.7 Å². The molecule has 1 aromatic heterocycles. The van der Waals surface area contributed by atoms with Crippen molar-refractivity contribution in [1.82, 2.24) is 0 Å². The monoisotopic (exact) mass is 372 g/mol. The maximum Gasteiger partial charge on any atom is 0.349 e. The van der Waals surface area contributed by atoms with E-state index >= 15 is 0 Å². The van der Waals surface area contributed by atoms with E-state index in [0.29, 0.717) is 16.5 Å². The summed E-state index contributed by atoms with van der Waals surface area (Å²) in [4.78, 5) is 36.1. The van der Waals surface area contributed by atoms with E-state index in [0.717, 1.165) is 10.8 Å². The van der Waals surface area contributed by atoms with Gasteiger partial charge in [0, 0.05) is 11.1 Å². The Morgan fingerprint density at radius 1 is 0.964 bits per heavy atom. The lowest BCUT2D eigenvalue weighted by atomic mass is 10.0. The maximum atomic E-state index is 12.7. The smallest absolute Gasteiger partial charge is 0.349 e. The number of carboxylic acids is 1. The summed E-state index contributed by atoms with van der Waals surface area (Å²) in [6.07, 6.45) is 0. The van der Waals surface area contributed by atoms with E-state index in [1.54, 1.807) is 19.1 Å². The Hall–Kier alpha value is -3.93. The van der Waals surface area contributed by atoms with Gasteiger partial charge in [-0.25, -0.2) is 4.79 Å². The standard InChI is InChI=1S/C22H15NO5/c1-12-6-7-14(21(25)26)10-18(12)23-20(24)17-11-16-15-5-3-2-4-13(15)8-9-19(16)28-22(17)27/h2-11H,1H3,(H,23,24)(H,25,26)/p-1. The van der Waals surface area contributed by atoms with Gasteiger partial charge in [0.1, 0.15) is 11.1 Å². The lowest BCUT2D eigenvalue weighted by Gasteiger charge is -2.11. The van der Waals surface area contributed by atoms with E-state index in [1.807, 2.05) is 30.3 Å². The minimum Gasteiger partial charge on any atom is -0.545 e. The first-order chi connectivity index (χ1) is 13.4. The fraction of sp³-hybridized carbons (Fsp3) is 0.0455. The van der Waals surface area contributed by atoms with Crippen LogP contribution in [-0.2, 0) is 0 Å². The Morgan fingerprint density at radius 3 is 2.54 bits per heavy atom. The van der Waals surface area contributed by atoms with Crippen LogP contribution in [0.4, 0.5) is 5.69 Å². The molecule has 0 aliphatic heterocycles. The number of carbonyl (C=O) groups is 2. The van der Waals surface area contributed by atoms with Gasteiger partial charge in [-0.05, 0) is 47.0 Å². The second kappa shape index (κ2) is 6.66.